The lowest BCUT2D eigenvalue weighted by Crippen LogP contribution is -2.28. The maximum Gasteiger partial charge on any atom is 0.258 e. The molecule has 8 heteroatoms. The molecule has 1 amide bonds. The van der Waals surface area contributed by atoms with E-state index in [4.69, 9.17) is 4.52 Å². The number of aryl methyl sites for hydroxylation is 1. The summed E-state index contributed by atoms with van der Waals surface area (Å²) in [5.74, 6) is 2.22. The Balaban J connectivity index is 1.19. The second-order valence-corrected chi connectivity index (χ2v) is 7.22. The van der Waals surface area contributed by atoms with Crippen LogP contribution < -0.4 is 0 Å². The number of amides is 1. The van der Waals surface area contributed by atoms with Gasteiger partial charge in [-0.15, -0.1) is 0 Å². The highest BCUT2D eigenvalue weighted by Gasteiger charge is 2.30. The van der Waals surface area contributed by atoms with Gasteiger partial charge in [-0.3, -0.25) is 9.78 Å². The third-order valence-electron chi connectivity index (χ3n) is 5.29. The third-order valence-corrected chi connectivity index (χ3v) is 5.29. The normalized spacial score (nSPS) is 16.6. The van der Waals surface area contributed by atoms with Gasteiger partial charge < -0.3 is 14.4 Å². The zero-order chi connectivity index (χ0) is 19.6. The zero-order valence-electron chi connectivity index (χ0n) is 15.8. The molecule has 1 aromatic carbocycles. The number of pyridine rings is 1. The summed E-state index contributed by atoms with van der Waals surface area (Å²) in [5, 5.41) is 4.13. The van der Waals surface area contributed by atoms with E-state index >= 15 is 0 Å². The zero-order valence-corrected chi connectivity index (χ0v) is 15.8. The molecule has 1 aliphatic rings. The first-order valence-electron chi connectivity index (χ1n) is 9.71. The number of fused-ring (bicyclic) bond motifs is 1. The Bertz CT molecular complexity index is 1100. The fourth-order valence-corrected chi connectivity index (χ4v) is 3.72. The lowest BCUT2D eigenvalue weighted by atomic mass is 10.1. The SMILES string of the molecule is O=C(CCc1nc2ccccc2[nH]1)N1CCC(c2noc(-c3ccncc3)n2)C1. The molecule has 1 saturated heterocycles. The summed E-state index contributed by atoms with van der Waals surface area (Å²) in [6, 6.07) is 11.6. The van der Waals surface area contributed by atoms with Crippen LogP contribution in [0.5, 0.6) is 0 Å². The Labute approximate surface area is 167 Å². The van der Waals surface area contributed by atoms with Crippen LogP contribution in [0.4, 0.5) is 0 Å². The van der Waals surface area contributed by atoms with Crippen LogP contribution in [0, 0.1) is 0 Å². The largest absolute Gasteiger partial charge is 0.342 e. The number of hydrogen-bond acceptors (Lipinski definition) is 6. The van der Waals surface area contributed by atoms with Crippen LogP contribution in [-0.2, 0) is 11.2 Å². The number of carbonyl (C=O) groups excluding carboxylic acids is 1. The number of carbonyl (C=O) groups is 1. The van der Waals surface area contributed by atoms with Crippen LogP contribution in [0.2, 0.25) is 0 Å². The topological polar surface area (TPSA) is 101 Å². The van der Waals surface area contributed by atoms with Crippen molar-refractivity contribution in [1.82, 2.24) is 30.0 Å². The fraction of sp³-hybridized carbons (Fsp3) is 0.286. The van der Waals surface area contributed by atoms with Crippen molar-refractivity contribution in [3.05, 3.63) is 60.4 Å². The number of aromatic amines is 1. The van der Waals surface area contributed by atoms with Crippen molar-refractivity contribution in [3.8, 4) is 11.5 Å². The number of H-pyrrole nitrogens is 1. The molecule has 146 valence electrons. The predicted molar refractivity (Wildman–Crippen MR) is 106 cm³/mol. The number of imidazole rings is 1. The van der Waals surface area contributed by atoms with Crippen LogP contribution >= 0.6 is 0 Å². The maximum absolute atomic E-state index is 12.7. The standard InChI is InChI=1S/C21H20N6O2/c28-19(6-5-18-23-16-3-1-2-4-17(16)24-18)27-12-9-15(13-27)20-25-21(29-26-20)14-7-10-22-11-8-14/h1-4,7-8,10-11,15H,5-6,9,12-13H2,(H,23,24). The summed E-state index contributed by atoms with van der Waals surface area (Å²) in [6.45, 7) is 1.33. The summed E-state index contributed by atoms with van der Waals surface area (Å²) in [6.07, 6.45) is 5.25. The van der Waals surface area contributed by atoms with Crippen molar-refractivity contribution in [1.29, 1.82) is 0 Å². The Morgan fingerprint density at radius 1 is 1.17 bits per heavy atom. The molecular formula is C21H20N6O2. The molecule has 3 aromatic heterocycles. The minimum Gasteiger partial charge on any atom is -0.342 e. The molecule has 0 saturated carbocycles. The molecule has 5 rings (SSSR count). The summed E-state index contributed by atoms with van der Waals surface area (Å²) in [7, 11) is 0. The van der Waals surface area contributed by atoms with Crippen LogP contribution in [-0.4, -0.2) is 49.0 Å². The molecule has 8 nitrogen and oxygen atoms in total. The van der Waals surface area contributed by atoms with Gasteiger partial charge in [0.25, 0.3) is 5.89 Å². The van der Waals surface area contributed by atoms with Crippen molar-refractivity contribution in [2.45, 2.75) is 25.2 Å². The maximum atomic E-state index is 12.7. The average molecular weight is 388 g/mol. The van der Waals surface area contributed by atoms with Gasteiger partial charge in [0.2, 0.25) is 5.91 Å². The molecule has 1 N–H and O–H groups in total. The minimum absolute atomic E-state index is 0.101. The van der Waals surface area contributed by atoms with Gasteiger partial charge in [-0.1, -0.05) is 17.3 Å². The Kier molecular flexibility index (Phi) is 4.51. The number of likely N-dealkylation sites (tertiary alicyclic amines) is 1. The third kappa shape index (κ3) is 3.61. The summed E-state index contributed by atoms with van der Waals surface area (Å²) in [4.78, 5) is 30.9. The van der Waals surface area contributed by atoms with Crippen LogP contribution in [0.3, 0.4) is 0 Å². The average Bonchev–Trinajstić information content (AvgIpc) is 3.51. The number of nitrogens with zero attached hydrogens (tertiary/aromatic N) is 5. The minimum atomic E-state index is 0.101. The Morgan fingerprint density at radius 3 is 2.90 bits per heavy atom. The molecular weight excluding hydrogens is 368 g/mol. The fourth-order valence-electron chi connectivity index (χ4n) is 3.72. The molecule has 29 heavy (non-hydrogen) atoms. The summed E-state index contributed by atoms with van der Waals surface area (Å²) >= 11 is 0. The van der Waals surface area contributed by atoms with E-state index in [9.17, 15) is 4.79 Å². The monoisotopic (exact) mass is 388 g/mol. The smallest absolute Gasteiger partial charge is 0.258 e. The number of rotatable bonds is 5. The van der Waals surface area contributed by atoms with E-state index in [-0.39, 0.29) is 11.8 Å². The van der Waals surface area contributed by atoms with Gasteiger partial charge in [0.15, 0.2) is 5.82 Å². The van der Waals surface area contributed by atoms with Crippen LogP contribution in [0.15, 0.2) is 53.3 Å². The highest BCUT2D eigenvalue weighted by molar-refractivity contribution is 5.77. The number of benzene rings is 1. The van der Waals surface area contributed by atoms with Crippen molar-refractivity contribution >= 4 is 16.9 Å². The first-order chi connectivity index (χ1) is 14.3. The molecule has 1 atom stereocenters. The Morgan fingerprint density at radius 2 is 2.03 bits per heavy atom. The van der Waals surface area contributed by atoms with Crippen molar-refractivity contribution in [2.75, 3.05) is 13.1 Å². The van der Waals surface area contributed by atoms with E-state index in [2.05, 4.69) is 25.1 Å². The van der Waals surface area contributed by atoms with Crippen molar-refractivity contribution < 1.29 is 9.32 Å². The molecule has 1 aliphatic heterocycles. The highest BCUT2D eigenvalue weighted by atomic mass is 16.5. The van der Waals surface area contributed by atoms with Gasteiger partial charge in [0, 0.05) is 49.8 Å². The van der Waals surface area contributed by atoms with E-state index < -0.39 is 0 Å². The molecule has 0 radical (unpaired) electrons. The molecule has 0 spiro atoms. The van der Waals surface area contributed by atoms with Gasteiger partial charge in [0.05, 0.1) is 11.0 Å². The second kappa shape index (κ2) is 7.46. The number of nitrogens with one attached hydrogen (secondary N) is 1. The predicted octanol–water partition coefficient (Wildman–Crippen LogP) is 2.96. The molecule has 1 unspecified atom stereocenters. The molecule has 1 fully saturated rings. The molecule has 4 heterocycles. The van der Waals surface area contributed by atoms with E-state index in [1.54, 1.807) is 12.4 Å². The number of hydrogen-bond donors (Lipinski definition) is 1. The van der Waals surface area contributed by atoms with Crippen molar-refractivity contribution in [3.63, 3.8) is 0 Å². The molecule has 0 bridgehead atoms. The lowest BCUT2D eigenvalue weighted by Gasteiger charge is -2.15. The highest BCUT2D eigenvalue weighted by Crippen LogP contribution is 2.27. The van der Waals surface area contributed by atoms with Gasteiger partial charge >= 0.3 is 0 Å². The first-order valence-corrected chi connectivity index (χ1v) is 9.71. The van der Waals surface area contributed by atoms with E-state index in [1.807, 2.05) is 41.3 Å². The van der Waals surface area contributed by atoms with Crippen LogP contribution in [0.1, 0.15) is 30.4 Å². The Hall–Kier alpha value is -3.55. The first kappa shape index (κ1) is 17.5. The van der Waals surface area contributed by atoms with Gasteiger partial charge in [-0.05, 0) is 30.7 Å². The summed E-state index contributed by atoms with van der Waals surface area (Å²) in [5.41, 5.74) is 2.77. The van der Waals surface area contributed by atoms with Gasteiger partial charge in [-0.2, -0.15) is 4.98 Å². The van der Waals surface area contributed by atoms with E-state index in [1.165, 1.54) is 0 Å². The lowest BCUT2D eigenvalue weighted by molar-refractivity contribution is -0.130. The van der Waals surface area contributed by atoms with Gasteiger partial charge in [0.1, 0.15) is 5.82 Å². The van der Waals surface area contributed by atoms with Crippen molar-refractivity contribution in [2.24, 2.45) is 0 Å². The van der Waals surface area contributed by atoms with E-state index in [0.29, 0.717) is 37.6 Å². The van der Waals surface area contributed by atoms with Crippen LogP contribution in [0.25, 0.3) is 22.5 Å². The molecule has 4 aromatic rings. The quantitative estimate of drug-likeness (QED) is 0.564. The molecule has 0 aliphatic carbocycles. The number of aromatic nitrogens is 5. The summed E-state index contributed by atoms with van der Waals surface area (Å²) < 4.78 is 5.39. The number of para-hydroxylation sites is 2. The van der Waals surface area contributed by atoms with E-state index in [0.717, 1.165) is 28.8 Å². The van der Waals surface area contributed by atoms with Gasteiger partial charge in [-0.25, -0.2) is 4.98 Å². The second-order valence-electron chi connectivity index (χ2n) is 7.22.